The summed E-state index contributed by atoms with van der Waals surface area (Å²) in [4.78, 5) is 40.7. The Bertz CT molecular complexity index is 280. The minimum absolute atomic E-state index is 0.683. The Labute approximate surface area is 78.0 Å². The van der Waals surface area contributed by atoms with Gasteiger partial charge in [0.1, 0.15) is 5.97 Å². The molecule has 78 valence electrons. The van der Waals surface area contributed by atoms with E-state index in [0.717, 1.165) is 0 Å². The van der Waals surface area contributed by atoms with Gasteiger partial charge in [-0.05, 0) is 12.8 Å². The summed E-state index contributed by atoms with van der Waals surface area (Å²) in [6.45, 7) is 0. The third-order valence-electron chi connectivity index (χ3n) is 1.44. The third kappa shape index (κ3) is 3.65. The van der Waals surface area contributed by atoms with Crippen molar-refractivity contribution in [1.82, 2.24) is 0 Å². The van der Waals surface area contributed by atoms with E-state index >= 15 is 0 Å². The van der Waals surface area contributed by atoms with Crippen molar-refractivity contribution in [2.24, 2.45) is 5.92 Å². The van der Waals surface area contributed by atoms with Crippen molar-refractivity contribution in [1.29, 1.82) is 0 Å². The Morgan fingerprint density at radius 1 is 1.00 bits per heavy atom. The van der Waals surface area contributed by atoms with E-state index in [1.165, 1.54) is 0 Å². The van der Waals surface area contributed by atoms with E-state index < -0.39 is 42.5 Å². The molecule has 0 amide bonds. The molecule has 0 fully saturated rings. The minimum Gasteiger partial charge on any atom is -0.550 e. The molecule has 0 aromatic rings. The summed E-state index contributed by atoms with van der Waals surface area (Å²) in [5, 5.41) is 30.1. The number of hydrogen-bond acceptors (Lipinski definition) is 7. The van der Waals surface area contributed by atoms with Crippen LogP contribution in [0.15, 0.2) is 0 Å². The highest BCUT2D eigenvalue weighted by atomic mass is 16.4. The first-order chi connectivity index (χ1) is 6.36. The molecule has 0 rings (SSSR count). The summed E-state index contributed by atoms with van der Waals surface area (Å²) >= 11 is 0. The smallest absolute Gasteiger partial charge is 0.186 e. The molecule has 0 bridgehead atoms. The van der Waals surface area contributed by atoms with Gasteiger partial charge in [0.25, 0.3) is 0 Å². The first kappa shape index (κ1) is 12.1. The van der Waals surface area contributed by atoms with Crippen molar-refractivity contribution in [2.75, 3.05) is 0 Å². The van der Waals surface area contributed by atoms with Crippen LogP contribution in [-0.4, -0.2) is 23.7 Å². The van der Waals surface area contributed by atoms with Gasteiger partial charge in [-0.2, -0.15) is 0 Å². The second-order valence-electron chi connectivity index (χ2n) is 2.43. The molecular formula is C7H5O7-3. The zero-order valence-electron chi connectivity index (χ0n) is 6.85. The van der Waals surface area contributed by atoms with E-state index in [1.807, 2.05) is 0 Å². The molecule has 0 aromatic heterocycles. The molecule has 1 unspecified atom stereocenters. The molecule has 0 radical (unpaired) electrons. The number of aliphatic carboxylic acids is 3. The fourth-order valence-corrected chi connectivity index (χ4v) is 0.760. The third-order valence-corrected chi connectivity index (χ3v) is 1.44. The highest BCUT2D eigenvalue weighted by Gasteiger charge is 2.20. The van der Waals surface area contributed by atoms with E-state index in [2.05, 4.69) is 0 Å². The lowest BCUT2D eigenvalue weighted by molar-refractivity contribution is -0.315. The maximum absolute atomic E-state index is 10.6. The zero-order valence-corrected chi connectivity index (χ0v) is 6.85. The molecule has 0 aliphatic rings. The molecule has 0 aliphatic carbocycles. The predicted octanol–water partition coefficient (Wildman–Crippen LogP) is -4.80. The minimum atomic E-state index is -2.18. The summed E-state index contributed by atoms with van der Waals surface area (Å²) in [6, 6.07) is 0. The van der Waals surface area contributed by atoms with Crippen molar-refractivity contribution in [3.05, 3.63) is 0 Å². The van der Waals surface area contributed by atoms with Crippen LogP contribution < -0.4 is 15.3 Å². The molecule has 0 aromatic carbocycles. The SMILES string of the molecule is O=C([O-])CCC(C(=O)[O-])C(=O)C(=O)[O-]. The van der Waals surface area contributed by atoms with E-state index in [0.29, 0.717) is 0 Å². The number of carboxylic acids is 3. The number of carbonyl (C=O) groups excluding carboxylic acids is 4. The number of carbonyl (C=O) groups is 4. The highest BCUT2D eigenvalue weighted by molar-refractivity contribution is 6.35. The molecule has 0 saturated carbocycles. The Morgan fingerprint density at radius 3 is 1.79 bits per heavy atom. The normalized spacial score (nSPS) is 11.7. The number of ketones is 1. The number of Topliss-reactive ketones (excluding diaryl/α,β-unsaturated/α-hetero) is 1. The van der Waals surface area contributed by atoms with Gasteiger partial charge in [0.05, 0.1) is 11.9 Å². The molecule has 7 heteroatoms. The maximum Gasteiger partial charge on any atom is 0.186 e. The lowest BCUT2D eigenvalue weighted by Gasteiger charge is -2.16. The Kier molecular flexibility index (Phi) is 4.27. The fraction of sp³-hybridized carbons (Fsp3) is 0.429. The van der Waals surface area contributed by atoms with Crippen molar-refractivity contribution in [3.8, 4) is 0 Å². The molecule has 7 nitrogen and oxygen atoms in total. The van der Waals surface area contributed by atoms with Crippen LogP contribution in [0.3, 0.4) is 0 Å². The van der Waals surface area contributed by atoms with E-state index in [-0.39, 0.29) is 0 Å². The van der Waals surface area contributed by atoms with Gasteiger partial charge in [0, 0.05) is 5.97 Å². The second kappa shape index (κ2) is 4.95. The van der Waals surface area contributed by atoms with Gasteiger partial charge in [0.15, 0.2) is 5.78 Å². The first-order valence-corrected chi connectivity index (χ1v) is 3.52. The summed E-state index contributed by atoms with van der Waals surface area (Å²) in [6.07, 6.45) is -1.42. The van der Waals surface area contributed by atoms with Gasteiger partial charge >= 0.3 is 0 Å². The molecule has 0 aliphatic heterocycles. The lowest BCUT2D eigenvalue weighted by Crippen LogP contribution is -2.45. The quantitative estimate of drug-likeness (QED) is 0.310. The second-order valence-corrected chi connectivity index (χ2v) is 2.43. The zero-order chi connectivity index (χ0) is 11.3. The topological polar surface area (TPSA) is 137 Å². The summed E-state index contributed by atoms with van der Waals surface area (Å²) in [5.74, 6) is -9.41. The standard InChI is InChI=1S/C7H8O7/c8-4(9)2-1-3(6(11)12)5(10)7(13)14/h3H,1-2H2,(H,8,9)(H,11,12)(H,13,14)/p-3. The van der Waals surface area contributed by atoms with Gasteiger partial charge in [-0.25, -0.2) is 0 Å². The Balaban J connectivity index is 4.45. The molecule has 0 N–H and O–H groups in total. The molecular weight excluding hydrogens is 196 g/mol. The summed E-state index contributed by atoms with van der Waals surface area (Å²) < 4.78 is 0. The van der Waals surface area contributed by atoms with E-state index in [4.69, 9.17) is 0 Å². The van der Waals surface area contributed by atoms with E-state index in [1.54, 1.807) is 0 Å². The Morgan fingerprint density at radius 2 is 1.50 bits per heavy atom. The summed E-state index contributed by atoms with van der Waals surface area (Å²) in [5.41, 5.74) is 0. The molecule has 1 atom stereocenters. The Hall–Kier alpha value is -1.92. The monoisotopic (exact) mass is 201 g/mol. The van der Waals surface area contributed by atoms with Crippen LogP contribution in [0.1, 0.15) is 12.8 Å². The number of carboxylic acid groups (broad SMARTS) is 3. The highest BCUT2D eigenvalue weighted by Crippen LogP contribution is 2.06. The van der Waals surface area contributed by atoms with Gasteiger partial charge in [-0.1, -0.05) is 0 Å². The van der Waals surface area contributed by atoms with Gasteiger partial charge < -0.3 is 29.7 Å². The molecule has 0 spiro atoms. The number of hydrogen-bond donors (Lipinski definition) is 0. The average molecular weight is 201 g/mol. The molecule has 0 heterocycles. The molecule has 0 saturated heterocycles. The lowest BCUT2D eigenvalue weighted by atomic mass is 9.98. The van der Waals surface area contributed by atoms with Crippen molar-refractivity contribution in [3.63, 3.8) is 0 Å². The first-order valence-electron chi connectivity index (χ1n) is 3.52. The van der Waals surface area contributed by atoms with Crippen LogP contribution in [0.2, 0.25) is 0 Å². The van der Waals surface area contributed by atoms with E-state index in [9.17, 15) is 34.5 Å². The van der Waals surface area contributed by atoms with Crippen LogP contribution in [0.4, 0.5) is 0 Å². The van der Waals surface area contributed by atoms with Crippen LogP contribution in [0, 0.1) is 5.92 Å². The largest absolute Gasteiger partial charge is 0.550 e. The fourth-order valence-electron chi connectivity index (χ4n) is 0.760. The van der Waals surface area contributed by atoms with Crippen molar-refractivity contribution < 1.29 is 34.5 Å². The summed E-state index contributed by atoms with van der Waals surface area (Å²) in [7, 11) is 0. The van der Waals surface area contributed by atoms with Crippen LogP contribution in [-0.2, 0) is 19.2 Å². The predicted molar refractivity (Wildman–Crippen MR) is 32.8 cm³/mol. The maximum atomic E-state index is 10.6. The van der Waals surface area contributed by atoms with Crippen LogP contribution in [0.25, 0.3) is 0 Å². The van der Waals surface area contributed by atoms with Gasteiger partial charge in [0.2, 0.25) is 0 Å². The van der Waals surface area contributed by atoms with Gasteiger partial charge in [-0.3, -0.25) is 4.79 Å². The van der Waals surface area contributed by atoms with Crippen molar-refractivity contribution >= 4 is 23.7 Å². The number of rotatable bonds is 6. The van der Waals surface area contributed by atoms with Gasteiger partial charge in [-0.15, -0.1) is 0 Å². The van der Waals surface area contributed by atoms with Crippen molar-refractivity contribution in [2.45, 2.75) is 12.8 Å². The molecule has 14 heavy (non-hydrogen) atoms. The van der Waals surface area contributed by atoms with Crippen LogP contribution >= 0.6 is 0 Å². The average Bonchev–Trinajstić information content (AvgIpc) is 2.02. The van der Waals surface area contributed by atoms with Crippen LogP contribution in [0.5, 0.6) is 0 Å².